The van der Waals surface area contributed by atoms with Gasteiger partial charge in [0, 0.05) is 42.5 Å². The number of aromatic nitrogens is 3. The zero-order valence-corrected chi connectivity index (χ0v) is 17.9. The molecule has 0 aliphatic carbocycles. The van der Waals surface area contributed by atoms with E-state index in [0.29, 0.717) is 48.9 Å². The molecule has 1 aliphatic heterocycles. The van der Waals surface area contributed by atoms with E-state index in [1.807, 2.05) is 31.2 Å². The molecule has 2 aromatic carbocycles. The van der Waals surface area contributed by atoms with Crippen LogP contribution >= 0.6 is 11.6 Å². The number of hydrogen-bond donors (Lipinski definition) is 1. The second-order valence-corrected chi connectivity index (χ2v) is 7.76. The Morgan fingerprint density at radius 2 is 1.74 bits per heavy atom. The summed E-state index contributed by atoms with van der Waals surface area (Å²) in [6.45, 7) is 4.49. The summed E-state index contributed by atoms with van der Waals surface area (Å²) >= 11 is 6.11. The van der Waals surface area contributed by atoms with Crippen molar-refractivity contribution in [2.75, 3.05) is 31.1 Å². The van der Waals surface area contributed by atoms with Crippen LogP contribution < -0.4 is 10.6 Å². The first-order valence-corrected chi connectivity index (χ1v) is 10.5. The summed E-state index contributed by atoms with van der Waals surface area (Å²) in [4.78, 5) is 28.4. The Balaban J connectivity index is 1.47. The first kappa shape index (κ1) is 20.9. The molecule has 0 saturated carbocycles. The standard InChI is InChI=1S/C22H23ClN6O2/c1-2-19-20(25-26-29(19)18-5-3-4-16(23)14-18)22(31)28-12-10-27(11-13-28)17-8-6-15(7-9-17)21(24)30/h3-9,14H,2,10-13H2,1H3,(H2,24,30). The van der Waals surface area contributed by atoms with Crippen molar-refractivity contribution < 1.29 is 9.59 Å². The lowest BCUT2D eigenvalue weighted by atomic mass is 10.1. The number of carbonyl (C=O) groups is 2. The van der Waals surface area contributed by atoms with Crippen LogP contribution in [0.5, 0.6) is 0 Å². The summed E-state index contributed by atoms with van der Waals surface area (Å²) in [6, 6.07) is 14.5. The molecule has 0 bridgehead atoms. The molecule has 0 atom stereocenters. The Labute approximate surface area is 185 Å². The first-order chi connectivity index (χ1) is 15.0. The molecule has 2 heterocycles. The number of primary amides is 1. The molecule has 0 spiro atoms. The van der Waals surface area contributed by atoms with Gasteiger partial charge >= 0.3 is 0 Å². The Morgan fingerprint density at radius 3 is 2.35 bits per heavy atom. The monoisotopic (exact) mass is 438 g/mol. The Hall–Kier alpha value is -3.39. The lowest BCUT2D eigenvalue weighted by Crippen LogP contribution is -2.49. The fourth-order valence-corrected chi connectivity index (χ4v) is 3.94. The Bertz CT molecular complexity index is 1100. The van der Waals surface area contributed by atoms with Gasteiger partial charge in [-0.3, -0.25) is 9.59 Å². The molecule has 1 aromatic heterocycles. The number of benzene rings is 2. The predicted octanol–water partition coefficient (Wildman–Crippen LogP) is 2.54. The highest BCUT2D eigenvalue weighted by atomic mass is 35.5. The summed E-state index contributed by atoms with van der Waals surface area (Å²) in [5.41, 5.74) is 8.70. The van der Waals surface area contributed by atoms with E-state index >= 15 is 0 Å². The van der Waals surface area contributed by atoms with Gasteiger partial charge in [-0.2, -0.15) is 0 Å². The second kappa shape index (κ2) is 8.77. The van der Waals surface area contributed by atoms with E-state index in [-0.39, 0.29) is 5.91 Å². The Kier molecular flexibility index (Phi) is 5.90. The van der Waals surface area contributed by atoms with E-state index < -0.39 is 5.91 Å². The topological polar surface area (TPSA) is 97.4 Å². The van der Waals surface area contributed by atoms with E-state index in [9.17, 15) is 9.59 Å². The van der Waals surface area contributed by atoms with Gasteiger partial charge in [0.15, 0.2) is 5.69 Å². The van der Waals surface area contributed by atoms with Crippen molar-refractivity contribution in [2.45, 2.75) is 13.3 Å². The number of halogens is 1. The van der Waals surface area contributed by atoms with Gasteiger partial charge in [-0.15, -0.1) is 5.10 Å². The highest BCUT2D eigenvalue weighted by Gasteiger charge is 2.27. The minimum absolute atomic E-state index is 0.117. The van der Waals surface area contributed by atoms with Crippen molar-refractivity contribution in [3.63, 3.8) is 0 Å². The van der Waals surface area contributed by atoms with E-state index in [1.54, 1.807) is 33.8 Å². The first-order valence-electron chi connectivity index (χ1n) is 10.1. The van der Waals surface area contributed by atoms with Gasteiger partial charge in [-0.05, 0) is 48.9 Å². The minimum Gasteiger partial charge on any atom is -0.368 e. The summed E-state index contributed by atoms with van der Waals surface area (Å²) in [5, 5.41) is 9.00. The largest absolute Gasteiger partial charge is 0.368 e. The molecule has 8 nitrogen and oxygen atoms in total. The number of nitrogens with two attached hydrogens (primary N) is 1. The average molecular weight is 439 g/mol. The summed E-state index contributed by atoms with van der Waals surface area (Å²) in [5.74, 6) is -0.562. The van der Waals surface area contributed by atoms with Gasteiger partial charge in [0.2, 0.25) is 5.91 Å². The average Bonchev–Trinajstić information content (AvgIpc) is 3.23. The second-order valence-electron chi connectivity index (χ2n) is 7.32. The third-order valence-electron chi connectivity index (χ3n) is 5.44. The summed E-state index contributed by atoms with van der Waals surface area (Å²) in [6.07, 6.45) is 0.618. The fourth-order valence-electron chi connectivity index (χ4n) is 3.75. The van der Waals surface area contributed by atoms with Crippen LogP contribution in [0.1, 0.15) is 33.5 Å². The van der Waals surface area contributed by atoms with Gasteiger partial charge in [0.1, 0.15) is 0 Å². The lowest BCUT2D eigenvalue weighted by molar-refractivity contribution is 0.0739. The summed E-state index contributed by atoms with van der Waals surface area (Å²) < 4.78 is 1.68. The molecule has 3 aromatic rings. The van der Waals surface area contributed by atoms with E-state index in [2.05, 4.69) is 15.2 Å². The fraction of sp³-hybridized carbons (Fsp3) is 0.273. The van der Waals surface area contributed by atoms with Gasteiger partial charge in [-0.25, -0.2) is 4.68 Å². The maximum absolute atomic E-state index is 13.2. The number of carbonyl (C=O) groups excluding carboxylic acids is 2. The smallest absolute Gasteiger partial charge is 0.276 e. The van der Waals surface area contributed by atoms with Gasteiger partial charge in [0.05, 0.1) is 11.4 Å². The molecule has 2 N–H and O–H groups in total. The molecule has 1 aliphatic rings. The number of amides is 2. The zero-order valence-electron chi connectivity index (χ0n) is 17.2. The minimum atomic E-state index is -0.445. The zero-order chi connectivity index (χ0) is 22.0. The van der Waals surface area contributed by atoms with Crippen molar-refractivity contribution in [3.05, 3.63) is 70.5 Å². The van der Waals surface area contributed by atoms with Crippen LogP contribution in [0.2, 0.25) is 5.02 Å². The molecule has 4 rings (SSSR count). The van der Waals surface area contributed by atoms with Crippen molar-refractivity contribution >= 4 is 29.1 Å². The van der Waals surface area contributed by atoms with Gasteiger partial charge in [-0.1, -0.05) is 29.8 Å². The van der Waals surface area contributed by atoms with E-state index in [1.165, 1.54) is 0 Å². The maximum atomic E-state index is 13.2. The van der Waals surface area contributed by atoms with Gasteiger partial charge < -0.3 is 15.5 Å². The van der Waals surface area contributed by atoms with Crippen LogP contribution in [-0.4, -0.2) is 57.9 Å². The number of hydrogen-bond acceptors (Lipinski definition) is 5. The van der Waals surface area contributed by atoms with Crippen LogP contribution in [0.3, 0.4) is 0 Å². The maximum Gasteiger partial charge on any atom is 0.276 e. The Morgan fingerprint density at radius 1 is 1.03 bits per heavy atom. The molecule has 160 valence electrons. The van der Waals surface area contributed by atoms with Crippen LogP contribution in [0, 0.1) is 0 Å². The molecule has 0 unspecified atom stereocenters. The summed E-state index contributed by atoms with van der Waals surface area (Å²) in [7, 11) is 0. The number of piperazine rings is 1. The van der Waals surface area contributed by atoms with Crippen LogP contribution in [0.15, 0.2) is 48.5 Å². The molecule has 1 saturated heterocycles. The third kappa shape index (κ3) is 4.25. The van der Waals surface area contributed by atoms with Crippen LogP contribution in [-0.2, 0) is 6.42 Å². The van der Waals surface area contributed by atoms with Crippen molar-refractivity contribution in [3.8, 4) is 5.69 Å². The molecule has 9 heteroatoms. The number of rotatable bonds is 5. The van der Waals surface area contributed by atoms with Crippen LogP contribution in [0.25, 0.3) is 5.69 Å². The SMILES string of the molecule is CCc1c(C(=O)N2CCN(c3ccc(C(N)=O)cc3)CC2)nnn1-c1cccc(Cl)c1. The molecule has 1 fully saturated rings. The lowest BCUT2D eigenvalue weighted by Gasteiger charge is -2.36. The van der Waals surface area contributed by atoms with E-state index in [4.69, 9.17) is 17.3 Å². The molecular weight excluding hydrogens is 416 g/mol. The number of anilines is 1. The molecule has 0 radical (unpaired) electrons. The van der Waals surface area contributed by atoms with Crippen molar-refractivity contribution in [1.29, 1.82) is 0 Å². The highest BCUT2D eigenvalue weighted by Crippen LogP contribution is 2.21. The number of nitrogens with zero attached hydrogens (tertiary/aromatic N) is 5. The predicted molar refractivity (Wildman–Crippen MR) is 119 cm³/mol. The molecule has 31 heavy (non-hydrogen) atoms. The van der Waals surface area contributed by atoms with Crippen molar-refractivity contribution in [2.24, 2.45) is 5.73 Å². The van der Waals surface area contributed by atoms with E-state index in [0.717, 1.165) is 17.1 Å². The third-order valence-corrected chi connectivity index (χ3v) is 5.67. The van der Waals surface area contributed by atoms with Crippen LogP contribution in [0.4, 0.5) is 5.69 Å². The normalized spacial score (nSPS) is 14.0. The quantitative estimate of drug-likeness (QED) is 0.660. The van der Waals surface area contributed by atoms with Crippen molar-refractivity contribution in [1.82, 2.24) is 19.9 Å². The van der Waals surface area contributed by atoms with Gasteiger partial charge in [0.25, 0.3) is 5.91 Å². The highest BCUT2D eigenvalue weighted by molar-refractivity contribution is 6.30. The molecular formula is C22H23ClN6O2. The molecule has 2 amide bonds.